The largest absolute Gasteiger partial charge is 0.443 e. The van der Waals surface area contributed by atoms with Gasteiger partial charge in [-0.25, -0.2) is 9.69 Å². The number of methoxy groups -OCH3 is 1. The van der Waals surface area contributed by atoms with Crippen LogP contribution in [0.25, 0.3) is 0 Å². The van der Waals surface area contributed by atoms with E-state index in [1.807, 2.05) is 20.8 Å². The van der Waals surface area contributed by atoms with Gasteiger partial charge in [-0.05, 0) is 79.5 Å². The zero-order valence-corrected chi connectivity index (χ0v) is 20.8. The molecule has 1 saturated carbocycles. The summed E-state index contributed by atoms with van der Waals surface area (Å²) in [7, 11) is 5.91. The lowest BCUT2D eigenvalue weighted by Crippen LogP contribution is -2.52. The molecule has 1 saturated heterocycles. The summed E-state index contributed by atoms with van der Waals surface area (Å²) in [5, 5.41) is 0. The van der Waals surface area contributed by atoms with Crippen LogP contribution in [0.1, 0.15) is 66.7 Å². The molecule has 31 heavy (non-hydrogen) atoms. The number of ether oxygens (including phenoxy) is 2. The van der Waals surface area contributed by atoms with E-state index in [9.17, 15) is 9.59 Å². The predicted molar refractivity (Wildman–Crippen MR) is 124 cm³/mol. The van der Waals surface area contributed by atoms with Gasteiger partial charge in [-0.1, -0.05) is 25.2 Å². The average Bonchev–Trinajstić information content (AvgIpc) is 2.94. The monoisotopic (exact) mass is 434 g/mol. The molecule has 2 rings (SSSR count). The summed E-state index contributed by atoms with van der Waals surface area (Å²) in [6.07, 6.45) is 10.7. The third kappa shape index (κ3) is 5.23. The molecule has 0 aromatic heterocycles. The molecule has 0 aromatic rings. The lowest BCUT2D eigenvalue weighted by molar-refractivity contribution is -0.133. The fourth-order valence-electron chi connectivity index (χ4n) is 5.31. The molecule has 6 nitrogen and oxygen atoms in total. The summed E-state index contributed by atoms with van der Waals surface area (Å²) < 4.78 is 11.0. The summed E-state index contributed by atoms with van der Waals surface area (Å²) in [4.78, 5) is 29.7. The Kier molecular flexibility index (Phi) is 8.15. The zero-order chi connectivity index (χ0) is 23.4. The second kappa shape index (κ2) is 9.86. The minimum absolute atomic E-state index is 0.0617. The van der Waals surface area contributed by atoms with Gasteiger partial charge in [0.15, 0.2) is 0 Å². The van der Waals surface area contributed by atoms with Crippen molar-refractivity contribution in [1.29, 1.82) is 0 Å². The van der Waals surface area contributed by atoms with Gasteiger partial charge >= 0.3 is 6.09 Å². The average molecular weight is 435 g/mol. The molecular formula is C25H42N2O4. The number of nitrogens with zero attached hydrogens (tertiary/aromatic N) is 2. The topological polar surface area (TPSA) is 59.1 Å². The van der Waals surface area contributed by atoms with Gasteiger partial charge in [-0.15, -0.1) is 0 Å². The van der Waals surface area contributed by atoms with Gasteiger partial charge in [-0.3, -0.25) is 9.69 Å². The van der Waals surface area contributed by atoms with E-state index in [2.05, 4.69) is 51.1 Å². The van der Waals surface area contributed by atoms with Crippen molar-refractivity contribution < 1.29 is 19.1 Å². The van der Waals surface area contributed by atoms with Crippen LogP contribution in [-0.2, 0) is 14.3 Å². The molecule has 6 heteroatoms. The molecule has 176 valence electrons. The highest BCUT2D eigenvalue weighted by atomic mass is 16.6. The van der Waals surface area contributed by atoms with Crippen LogP contribution in [-0.4, -0.2) is 67.3 Å². The van der Waals surface area contributed by atoms with Gasteiger partial charge in [0.2, 0.25) is 5.91 Å². The lowest BCUT2D eigenvalue weighted by atomic mass is 9.61. The van der Waals surface area contributed by atoms with Crippen molar-refractivity contribution in [2.45, 2.75) is 77.9 Å². The third-order valence-corrected chi connectivity index (χ3v) is 6.96. The van der Waals surface area contributed by atoms with Crippen molar-refractivity contribution in [3.8, 4) is 0 Å². The highest BCUT2D eigenvalue weighted by molar-refractivity contribution is 5.96. The molecule has 0 bridgehead atoms. The molecule has 1 atom stereocenters. The molecule has 2 amide bonds. The van der Waals surface area contributed by atoms with Crippen molar-refractivity contribution in [3.05, 3.63) is 23.8 Å². The van der Waals surface area contributed by atoms with Gasteiger partial charge in [0.25, 0.3) is 0 Å². The molecule has 1 unspecified atom stereocenters. The number of likely N-dealkylation sites (N-methyl/N-ethyl adjacent to an activating group) is 1. The van der Waals surface area contributed by atoms with Crippen LogP contribution < -0.4 is 0 Å². The van der Waals surface area contributed by atoms with Gasteiger partial charge in [-0.2, -0.15) is 0 Å². The minimum atomic E-state index is -0.636. The van der Waals surface area contributed by atoms with Gasteiger partial charge in [0.1, 0.15) is 5.60 Å². The summed E-state index contributed by atoms with van der Waals surface area (Å²) in [6.45, 7) is 10.4. The zero-order valence-electron chi connectivity index (χ0n) is 20.8. The Balaban J connectivity index is 2.34. The van der Waals surface area contributed by atoms with Gasteiger partial charge in [0, 0.05) is 24.6 Å². The third-order valence-electron chi connectivity index (χ3n) is 6.96. The van der Waals surface area contributed by atoms with Crippen LogP contribution >= 0.6 is 0 Å². The summed E-state index contributed by atoms with van der Waals surface area (Å²) in [6, 6.07) is 0. The maximum absolute atomic E-state index is 13.2. The fraction of sp³-hybridized carbons (Fsp3) is 0.760. The number of allylic oxidation sites excluding steroid dienone is 2. The summed E-state index contributed by atoms with van der Waals surface area (Å²) >= 11 is 0. The van der Waals surface area contributed by atoms with Crippen LogP contribution in [0.5, 0.6) is 0 Å². The molecule has 2 fully saturated rings. The molecule has 1 aliphatic carbocycles. The number of imide groups is 1. The van der Waals surface area contributed by atoms with E-state index in [-0.39, 0.29) is 22.8 Å². The van der Waals surface area contributed by atoms with E-state index in [1.54, 1.807) is 7.11 Å². The Morgan fingerprint density at radius 1 is 1.23 bits per heavy atom. The Labute approximate surface area is 188 Å². The molecule has 0 N–H and O–H groups in total. The lowest BCUT2D eigenvalue weighted by Gasteiger charge is -2.50. The van der Waals surface area contributed by atoms with E-state index < -0.39 is 11.7 Å². The second-order valence-corrected chi connectivity index (χ2v) is 10.3. The Morgan fingerprint density at radius 2 is 1.84 bits per heavy atom. The van der Waals surface area contributed by atoms with Crippen LogP contribution in [0.2, 0.25) is 0 Å². The first kappa shape index (κ1) is 25.6. The quantitative estimate of drug-likeness (QED) is 0.562. The number of likely N-dealkylation sites (tertiary alicyclic amines) is 1. The fourth-order valence-corrected chi connectivity index (χ4v) is 5.31. The van der Waals surface area contributed by atoms with E-state index in [4.69, 9.17) is 9.47 Å². The first-order valence-corrected chi connectivity index (χ1v) is 11.5. The Hall–Kier alpha value is -1.66. The van der Waals surface area contributed by atoms with Crippen LogP contribution in [0, 0.1) is 11.3 Å². The number of amides is 2. The van der Waals surface area contributed by atoms with Crippen LogP contribution in [0.15, 0.2) is 23.8 Å². The highest BCUT2D eigenvalue weighted by Crippen LogP contribution is 2.53. The van der Waals surface area contributed by atoms with Crippen molar-refractivity contribution in [2.24, 2.45) is 11.3 Å². The highest BCUT2D eigenvalue weighted by Gasteiger charge is 2.58. The maximum Gasteiger partial charge on any atom is 0.417 e. The standard InChI is InChI=1S/C25H42N2O4/c1-9-11-19(12-10-2)25(26(6)7)15-13-24(14-16-25)18-27(21(28)20(24)17-30-8)22(29)31-23(3,4)5/h9,11-12,20H,10,13-18H2,1-8H3/b11-9-,19-12+. The van der Waals surface area contributed by atoms with Crippen molar-refractivity contribution in [1.82, 2.24) is 9.80 Å². The molecule has 2 aliphatic rings. The second-order valence-electron chi connectivity index (χ2n) is 10.3. The molecular weight excluding hydrogens is 392 g/mol. The summed E-state index contributed by atoms with van der Waals surface area (Å²) in [5.74, 6) is -0.475. The molecule has 0 radical (unpaired) electrons. The molecule has 0 aromatic carbocycles. The SMILES string of the molecule is C/C=C\C(=C/CC)C1(N(C)C)CCC2(CC1)CN(C(=O)OC(C)(C)C)C(=O)C2COC. The van der Waals surface area contributed by atoms with Crippen LogP contribution in [0.3, 0.4) is 0 Å². The van der Waals surface area contributed by atoms with E-state index in [0.717, 1.165) is 32.1 Å². The van der Waals surface area contributed by atoms with Crippen molar-refractivity contribution >= 4 is 12.0 Å². The van der Waals surface area contributed by atoms with Crippen LogP contribution in [0.4, 0.5) is 4.79 Å². The first-order valence-electron chi connectivity index (χ1n) is 11.5. The van der Waals surface area contributed by atoms with E-state index in [1.165, 1.54) is 10.5 Å². The van der Waals surface area contributed by atoms with Crippen molar-refractivity contribution in [3.63, 3.8) is 0 Å². The van der Waals surface area contributed by atoms with Gasteiger partial charge < -0.3 is 9.47 Å². The smallest absolute Gasteiger partial charge is 0.417 e. The predicted octanol–water partition coefficient (Wildman–Crippen LogP) is 4.80. The van der Waals surface area contributed by atoms with E-state index in [0.29, 0.717) is 13.2 Å². The number of hydrogen-bond acceptors (Lipinski definition) is 5. The maximum atomic E-state index is 13.2. The van der Waals surface area contributed by atoms with Crippen molar-refractivity contribution in [2.75, 3.05) is 34.4 Å². The molecule has 1 spiro atoms. The Bertz CT molecular complexity index is 710. The van der Waals surface area contributed by atoms with Gasteiger partial charge in [0.05, 0.1) is 12.5 Å². The number of carbonyl (C=O) groups is 2. The number of rotatable bonds is 6. The molecule has 1 aliphatic heterocycles. The molecule has 1 heterocycles. The first-order chi connectivity index (χ1) is 14.5. The number of carbonyl (C=O) groups excluding carboxylic acids is 2. The number of hydrogen-bond donors (Lipinski definition) is 0. The minimum Gasteiger partial charge on any atom is -0.443 e. The summed E-state index contributed by atoms with van der Waals surface area (Å²) in [5.41, 5.74) is 0.377. The van der Waals surface area contributed by atoms with E-state index >= 15 is 0 Å². The Morgan fingerprint density at radius 3 is 2.29 bits per heavy atom. The normalized spacial score (nSPS) is 30.1.